The van der Waals surface area contributed by atoms with E-state index in [9.17, 15) is 0 Å². The van der Waals surface area contributed by atoms with Gasteiger partial charge in [-0.05, 0) is 88.3 Å². The summed E-state index contributed by atoms with van der Waals surface area (Å²) in [4.78, 5) is 7.10. The van der Waals surface area contributed by atoms with Crippen LogP contribution in [-0.2, 0) is 0 Å². The van der Waals surface area contributed by atoms with Gasteiger partial charge in [0.1, 0.15) is 5.52 Å². The third kappa shape index (κ3) is 4.81. The first kappa shape index (κ1) is 25.8. The predicted octanol–water partition coefficient (Wildman–Crippen LogP) is 11.5. The van der Waals surface area contributed by atoms with Crippen LogP contribution in [0.5, 0.6) is 0 Å². The van der Waals surface area contributed by atoms with Crippen LogP contribution in [0.15, 0.2) is 174 Å². The fraction of sp³-hybridized carbons (Fsp3) is 0. The Morgan fingerprint density at radius 1 is 0.409 bits per heavy atom. The van der Waals surface area contributed by atoms with Crippen LogP contribution in [0.2, 0.25) is 0 Å². The lowest BCUT2D eigenvalue weighted by Crippen LogP contribution is -2.09. The monoisotopic (exact) mass is 564 g/mol. The summed E-state index contributed by atoms with van der Waals surface area (Å²) in [5.74, 6) is 0.636. The summed E-state index contributed by atoms with van der Waals surface area (Å²) in [7, 11) is 0. The number of para-hydroxylation sites is 1. The van der Waals surface area contributed by atoms with Gasteiger partial charge in [0.2, 0.25) is 5.89 Å². The summed E-state index contributed by atoms with van der Waals surface area (Å²) < 4.78 is 6.36. The molecule has 0 saturated carbocycles. The van der Waals surface area contributed by atoms with Gasteiger partial charge in [0.05, 0.1) is 0 Å². The molecule has 0 aliphatic heterocycles. The maximum Gasteiger partial charge on any atom is 0.227 e. The van der Waals surface area contributed by atoms with Crippen molar-refractivity contribution in [2.24, 2.45) is 0 Å². The molecular formula is C41H28N2O. The molecule has 0 aliphatic rings. The van der Waals surface area contributed by atoms with Crippen molar-refractivity contribution in [2.45, 2.75) is 0 Å². The number of hydrogen-bond donors (Lipinski definition) is 0. The van der Waals surface area contributed by atoms with E-state index in [1.807, 2.05) is 42.5 Å². The normalized spacial score (nSPS) is 11.2. The van der Waals surface area contributed by atoms with Crippen LogP contribution in [0.4, 0.5) is 17.1 Å². The van der Waals surface area contributed by atoms with Crippen molar-refractivity contribution in [3.8, 4) is 33.7 Å². The molecule has 8 rings (SSSR count). The second kappa shape index (κ2) is 11.0. The van der Waals surface area contributed by atoms with E-state index in [-0.39, 0.29) is 0 Å². The minimum Gasteiger partial charge on any atom is -0.435 e. The average Bonchev–Trinajstić information content (AvgIpc) is 3.55. The van der Waals surface area contributed by atoms with Gasteiger partial charge in [0.25, 0.3) is 0 Å². The van der Waals surface area contributed by atoms with E-state index in [0.717, 1.165) is 55.6 Å². The lowest BCUT2D eigenvalue weighted by atomic mass is 10.00. The van der Waals surface area contributed by atoms with E-state index in [0.29, 0.717) is 5.89 Å². The molecular weight excluding hydrogens is 536 g/mol. The summed E-state index contributed by atoms with van der Waals surface area (Å²) in [6, 6.07) is 59.3. The molecule has 44 heavy (non-hydrogen) atoms. The molecule has 0 unspecified atom stereocenters. The van der Waals surface area contributed by atoms with Gasteiger partial charge in [-0.15, -0.1) is 0 Å². The third-order valence-corrected chi connectivity index (χ3v) is 8.08. The molecule has 3 heteroatoms. The highest BCUT2D eigenvalue weighted by atomic mass is 16.3. The molecule has 0 bridgehead atoms. The molecule has 8 aromatic rings. The summed E-state index contributed by atoms with van der Waals surface area (Å²) in [6.45, 7) is 0. The highest BCUT2D eigenvalue weighted by Crippen LogP contribution is 2.38. The summed E-state index contributed by atoms with van der Waals surface area (Å²) in [5.41, 5.74) is 10.6. The van der Waals surface area contributed by atoms with Gasteiger partial charge in [0.15, 0.2) is 5.58 Å². The van der Waals surface area contributed by atoms with Crippen molar-refractivity contribution in [1.82, 2.24) is 4.98 Å². The maximum absolute atomic E-state index is 6.36. The number of oxazole rings is 1. The number of nitrogens with zero attached hydrogens (tertiary/aromatic N) is 2. The van der Waals surface area contributed by atoms with Gasteiger partial charge in [-0.1, -0.05) is 109 Å². The van der Waals surface area contributed by atoms with E-state index < -0.39 is 0 Å². The smallest absolute Gasteiger partial charge is 0.227 e. The zero-order valence-electron chi connectivity index (χ0n) is 24.0. The Morgan fingerprint density at radius 3 is 1.70 bits per heavy atom. The molecule has 0 radical (unpaired) electrons. The Kier molecular flexibility index (Phi) is 6.47. The van der Waals surface area contributed by atoms with E-state index in [2.05, 4.69) is 132 Å². The minimum absolute atomic E-state index is 0.636. The molecule has 0 aliphatic carbocycles. The Morgan fingerprint density at radius 2 is 0.955 bits per heavy atom. The van der Waals surface area contributed by atoms with E-state index >= 15 is 0 Å². The number of benzene rings is 7. The van der Waals surface area contributed by atoms with Crippen molar-refractivity contribution in [2.75, 3.05) is 4.90 Å². The van der Waals surface area contributed by atoms with Gasteiger partial charge in [-0.25, -0.2) is 4.98 Å². The van der Waals surface area contributed by atoms with Crippen molar-refractivity contribution in [3.05, 3.63) is 170 Å². The number of aromatic nitrogens is 1. The number of rotatable bonds is 6. The van der Waals surface area contributed by atoms with Crippen LogP contribution in [0.25, 0.3) is 55.6 Å². The number of hydrogen-bond acceptors (Lipinski definition) is 3. The van der Waals surface area contributed by atoms with Crippen molar-refractivity contribution in [3.63, 3.8) is 0 Å². The highest BCUT2D eigenvalue weighted by molar-refractivity contribution is 6.05. The molecule has 0 fully saturated rings. The molecule has 208 valence electrons. The first-order chi connectivity index (χ1) is 21.8. The minimum atomic E-state index is 0.636. The van der Waals surface area contributed by atoms with Crippen LogP contribution in [-0.4, -0.2) is 4.98 Å². The molecule has 0 spiro atoms. The number of anilines is 3. The Bertz CT molecular complexity index is 2200. The Hall–Kier alpha value is -5.93. The number of fused-ring (bicyclic) bond motifs is 3. The quantitative estimate of drug-likeness (QED) is 0.201. The fourth-order valence-electron chi connectivity index (χ4n) is 5.87. The van der Waals surface area contributed by atoms with Crippen LogP contribution in [0, 0.1) is 0 Å². The van der Waals surface area contributed by atoms with Crippen LogP contribution in [0.3, 0.4) is 0 Å². The van der Waals surface area contributed by atoms with E-state index in [1.165, 1.54) is 11.1 Å². The van der Waals surface area contributed by atoms with Crippen molar-refractivity contribution >= 4 is 38.9 Å². The predicted molar refractivity (Wildman–Crippen MR) is 183 cm³/mol. The Balaban J connectivity index is 1.21. The summed E-state index contributed by atoms with van der Waals surface area (Å²) in [5, 5.41) is 2.18. The Labute approximate surface area is 256 Å². The summed E-state index contributed by atoms with van der Waals surface area (Å²) in [6.07, 6.45) is 0. The lowest BCUT2D eigenvalue weighted by molar-refractivity contribution is 0.623. The molecule has 3 nitrogen and oxygen atoms in total. The third-order valence-electron chi connectivity index (χ3n) is 8.08. The second-order valence-corrected chi connectivity index (χ2v) is 10.9. The topological polar surface area (TPSA) is 29.3 Å². The SMILES string of the molecule is c1ccc(-c2ccc(N(c3ccccc3)c3cccc(-c4ccc5ccc6nc(-c7ccccc7)oc6c5c4)c3)cc2)cc1. The van der Waals surface area contributed by atoms with Gasteiger partial charge in [-0.2, -0.15) is 0 Å². The van der Waals surface area contributed by atoms with Crippen LogP contribution < -0.4 is 4.90 Å². The van der Waals surface area contributed by atoms with E-state index in [1.54, 1.807) is 0 Å². The van der Waals surface area contributed by atoms with Gasteiger partial charge in [-0.3, -0.25) is 0 Å². The van der Waals surface area contributed by atoms with Gasteiger partial charge >= 0.3 is 0 Å². The standard InChI is InChI=1S/C41H28N2O/c1-4-11-29(12-5-1)30-21-24-36(25-22-30)43(35-16-8-3-9-17-35)37-18-10-15-33(27-37)34-20-19-31-23-26-39-40(38(31)28-34)44-41(42-39)32-13-6-2-7-14-32/h1-28H. The molecule has 1 heterocycles. The fourth-order valence-corrected chi connectivity index (χ4v) is 5.87. The molecule has 0 atom stereocenters. The van der Waals surface area contributed by atoms with E-state index in [4.69, 9.17) is 9.40 Å². The zero-order chi connectivity index (χ0) is 29.3. The first-order valence-corrected chi connectivity index (χ1v) is 14.8. The van der Waals surface area contributed by atoms with Gasteiger partial charge in [0, 0.05) is 28.0 Å². The lowest BCUT2D eigenvalue weighted by Gasteiger charge is -2.26. The molecule has 0 N–H and O–H groups in total. The van der Waals surface area contributed by atoms with Crippen LogP contribution >= 0.6 is 0 Å². The van der Waals surface area contributed by atoms with Gasteiger partial charge < -0.3 is 9.32 Å². The highest BCUT2D eigenvalue weighted by Gasteiger charge is 2.15. The molecule has 1 aromatic heterocycles. The van der Waals surface area contributed by atoms with Crippen molar-refractivity contribution < 1.29 is 4.42 Å². The zero-order valence-corrected chi connectivity index (χ0v) is 24.0. The first-order valence-electron chi connectivity index (χ1n) is 14.8. The molecule has 7 aromatic carbocycles. The molecule has 0 saturated heterocycles. The van der Waals surface area contributed by atoms with Crippen LogP contribution in [0.1, 0.15) is 0 Å². The second-order valence-electron chi connectivity index (χ2n) is 10.9. The van der Waals surface area contributed by atoms with Crippen molar-refractivity contribution in [1.29, 1.82) is 0 Å². The summed E-state index contributed by atoms with van der Waals surface area (Å²) >= 11 is 0. The molecule has 0 amide bonds. The largest absolute Gasteiger partial charge is 0.435 e. The average molecular weight is 565 g/mol. The maximum atomic E-state index is 6.36.